The van der Waals surface area contributed by atoms with Crippen molar-refractivity contribution in [3.63, 3.8) is 0 Å². The normalized spacial score (nSPS) is 26.7. The van der Waals surface area contributed by atoms with Gasteiger partial charge in [0.25, 0.3) is 5.91 Å². The molecule has 1 unspecified atom stereocenters. The fraction of sp³-hybridized carbons (Fsp3) is 0.690. The van der Waals surface area contributed by atoms with Gasteiger partial charge in [-0.3, -0.25) is 44.4 Å². The molecule has 0 aromatic heterocycles. The van der Waals surface area contributed by atoms with Crippen LogP contribution >= 0.6 is 0 Å². The van der Waals surface area contributed by atoms with E-state index < -0.39 is 59.7 Å². The fourth-order valence-electron chi connectivity index (χ4n) is 6.70. The van der Waals surface area contributed by atoms with Crippen molar-refractivity contribution in [3.05, 3.63) is 36.0 Å². The maximum atomic E-state index is 12.8. The highest BCUT2D eigenvalue weighted by Gasteiger charge is 2.44. The lowest BCUT2D eigenvalue weighted by Crippen LogP contribution is -2.56. The van der Waals surface area contributed by atoms with Crippen LogP contribution in [0, 0.1) is 5.92 Å². The molecule has 0 saturated carbocycles. The Kier molecular flexibility index (Phi) is 22.2. The van der Waals surface area contributed by atoms with E-state index in [4.69, 9.17) is 14.2 Å². The molecule has 8 N–H and O–H groups in total. The summed E-state index contributed by atoms with van der Waals surface area (Å²) in [7, 11) is 0. The summed E-state index contributed by atoms with van der Waals surface area (Å²) in [5, 5.41) is 32.5. The summed E-state index contributed by atoms with van der Waals surface area (Å²) in [6.45, 7) is 13.7. The number of hydrazine groups is 1. The first-order valence-corrected chi connectivity index (χ1v) is 20.8. The molecular weight excluding hydrogens is 780 g/mol. The van der Waals surface area contributed by atoms with Crippen LogP contribution in [0.1, 0.15) is 113 Å². The number of hydrogen-bond acceptors (Lipinski definition) is 12. The van der Waals surface area contributed by atoms with Crippen molar-refractivity contribution in [1.29, 1.82) is 0 Å². The number of carbonyl (C=O) groups is 7. The van der Waals surface area contributed by atoms with Gasteiger partial charge in [0, 0.05) is 38.8 Å². The van der Waals surface area contributed by atoms with Crippen LogP contribution in [0.4, 0.5) is 0 Å². The highest BCUT2D eigenvalue weighted by molar-refractivity contribution is 5.91. The predicted molar refractivity (Wildman–Crippen MR) is 221 cm³/mol. The highest BCUT2D eigenvalue weighted by atomic mass is 16.5. The zero-order valence-corrected chi connectivity index (χ0v) is 36.3. The Morgan fingerprint density at radius 1 is 0.917 bits per heavy atom. The van der Waals surface area contributed by atoms with Crippen LogP contribution in [0.25, 0.3) is 0 Å². The molecule has 0 aromatic rings. The molecule has 0 bridgehead atoms. The lowest BCUT2D eigenvalue weighted by Gasteiger charge is -2.42. The largest absolute Gasteiger partial charge is 0.459 e. The van der Waals surface area contributed by atoms with E-state index in [1.165, 1.54) is 32.9 Å². The van der Waals surface area contributed by atoms with Gasteiger partial charge in [0.15, 0.2) is 0 Å². The van der Waals surface area contributed by atoms with Gasteiger partial charge in [-0.2, -0.15) is 0 Å². The standard InChI is InChI=1S/C42H68N6O12/c1-9-35(50)43-20-12-10-11-13-36(51)44-24-39(54)45-28(5)41(56)48-47-38(53)22-31-23-42(8,57)40(55)34(60-31)18-15-25(2)14-17-33-26(3)21-32(29(6)59-33)46-37(52)19-16-27(4)58-30(7)49/h14-16,18-19,26-29,31-34,40,55,57H,9-13,17,20-24H2,1-8H3,(H,43,50)(H,44,51)(H,45,54)(H,46,52)(H,47,53)(H,48,56)/b18-15+,19-16-,25-14+/t26-,27-,28-,29+,31+,32+,33-,34+,40?,42-/m0/s1. The van der Waals surface area contributed by atoms with Crippen molar-refractivity contribution in [2.45, 2.75) is 167 Å². The second-order valence-corrected chi connectivity index (χ2v) is 16.0. The predicted octanol–water partition coefficient (Wildman–Crippen LogP) is 1.20. The monoisotopic (exact) mass is 848 g/mol. The molecule has 0 aromatic carbocycles. The molecular formula is C42H68N6O12. The number of esters is 1. The van der Waals surface area contributed by atoms with Crippen LogP contribution in [-0.4, -0.2) is 119 Å². The first kappa shape index (κ1) is 51.5. The van der Waals surface area contributed by atoms with E-state index >= 15 is 0 Å². The smallest absolute Gasteiger partial charge is 0.303 e. The minimum atomic E-state index is -1.58. The zero-order chi connectivity index (χ0) is 45.0. The van der Waals surface area contributed by atoms with Crippen LogP contribution in [0.3, 0.4) is 0 Å². The fourth-order valence-corrected chi connectivity index (χ4v) is 6.70. The molecule has 338 valence electrons. The Hall–Kier alpha value is -4.65. The molecule has 18 heteroatoms. The lowest BCUT2D eigenvalue weighted by atomic mass is 9.84. The molecule has 18 nitrogen and oxygen atoms in total. The lowest BCUT2D eigenvalue weighted by molar-refractivity contribution is -0.196. The summed E-state index contributed by atoms with van der Waals surface area (Å²) in [5.74, 6) is -2.87. The van der Waals surface area contributed by atoms with Gasteiger partial charge in [-0.25, -0.2) is 0 Å². The molecule has 60 heavy (non-hydrogen) atoms. The minimum absolute atomic E-state index is 0.0241. The van der Waals surface area contributed by atoms with Crippen molar-refractivity contribution in [2.75, 3.05) is 13.1 Å². The van der Waals surface area contributed by atoms with Gasteiger partial charge in [0.2, 0.25) is 29.5 Å². The van der Waals surface area contributed by atoms with E-state index in [0.717, 1.165) is 18.4 Å². The van der Waals surface area contributed by atoms with Gasteiger partial charge < -0.3 is 45.7 Å². The first-order chi connectivity index (χ1) is 28.2. The number of amides is 6. The van der Waals surface area contributed by atoms with Gasteiger partial charge in [-0.1, -0.05) is 44.1 Å². The first-order valence-electron chi connectivity index (χ1n) is 20.8. The summed E-state index contributed by atoms with van der Waals surface area (Å²) < 4.78 is 17.3. The van der Waals surface area contributed by atoms with Crippen molar-refractivity contribution in [2.24, 2.45) is 5.92 Å². The summed E-state index contributed by atoms with van der Waals surface area (Å²) in [4.78, 5) is 84.4. The third-order valence-corrected chi connectivity index (χ3v) is 10.3. The van der Waals surface area contributed by atoms with Crippen LogP contribution in [0.15, 0.2) is 36.0 Å². The van der Waals surface area contributed by atoms with Crippen molar-refractivity contribution in [3.8, 4) is 0 Å². The Labute approximate surface area is 353 Å². The van der Waals surface area contributed by atoms with Crippen LogP contribution in [0.2, 0.25) is 0 Å². The van der Waals surface area contributed by atoms with Gasteiger partial charge in [-0.05, 0) is 72.3 Å². The molecule has 2 aliphatic rings. The van der Waals surface area contributed by atoms with Gasteiger partial charge in [-0.15, -0.1) is 0 Å². The number of carbonyl (C=O) groups excluding carboxylic acids is 7. The van der Waals surface area contributed by atoms with Crippen molar-refractivity contribution < 1.29 is 58.0 Å². The molecule has 6 amide bonds. The van der Waals surface area contributed by atoms with E-state index in [2.05, 4.69) is 39.0 Å². The maximum absolute atomic E-state index is 12.8. The summed E-state index contributed by atoms with van der Waals surface area (Å²) in [6.07, 6.45) is 8.03. The van der Waals surface area contributed by atoms with E-state index in [1.807, 2.05) is 19.9 Å². The average Bonchev–Trinajstić information content (AvgIpc) is 3.17. The molecule has 2 saturated heterocycles. The van der Waals surface area contributed by atoms with Crippen molar-refractivity contribution in [1.82, 2.24) is 32.1 Å². The number of unbranched alkanes of at least 4 members (excludes halogenated alkanes) is 2. The number of nitrogens with one attached hydrogen (secondary N) is 6. The van der Waals surface area contributed by atoms with Gasteiger partial charge in [0.05, 0.1) is 42.9 Å². The molecule has 0 spiro atoms. The highest BCUT2D eigenvalue weighted by Crippen LogP contribution is 2.32. The van der Waals surface area contributed by atoms with E-state index in [-0.39, 0.29) is 67.7 Å². The number of ether oxygens (including phenoxy) is 3. The third kappa shape index (κ3) is 19.6. The third-order valence-electron chi connectivity index (χ3n) is 10.3. The molecule has 2 fully saturated rings. The minimum Gasteiger partial charge on any atom is -0.459 e. The average molecular weight is 849 g/mol. The maximum Gasteiger partial charge on any atom is 0.303 e. The number of hydrogen-bond donors (Lipinski definition) is 8. The molecule has 2 rings (SSSR count). The van der Waals surface area contributed by atoms with E-state index in [9.17, 15) is 43.8 Å². The van der Waals surface area contributed by atoms with Gasteiger partial charge in [0.1, 0.15) is 24.4 Å². The molecule has 2 heterocycles. The number of aliphatic hydroxyl groups is 2. The second-order valence-electron chi connectivity index (χ2n) is 16.0. The molecule has 0 aliphatic carbocycles. The second kappa shape index (κ2) is 25.9. The van der Waals surface area contributed by atoms with Crippen LogP contribution in [-0.2, 0) is 47.8 Å². The quantitative estimate of drug-likeness (QED) is 0.0267. The topological polar surface area (TPSA) is 260 Å². The summed E-state index contributed by atoms with van der Waals surface area (Å²) in [6, 6.07) is -1.24. The number of rotatable bonds is 21. The number of allylic oxidation sites excluding steroid dienone is 2. The zero-order valence-electron chi connectivity index (χ0n) is 36.3. The summed E-state index contributed by atoms with van der Waals surface area (Å²) in [5.41, 5.74) is 3.80. The van der Waals surface area contributed by atoms with Crippen LogP contribution in [0.5, 0.6) is 0 Å². The van der Waals surface area contributed by atoms with Crippen molar-refractivity contribution >= 4 is 41.4 Å². The number of aliphatic hydroxyl groups excluding tert-OH is 1. The van der Waals surface area contributed by atoms with Crippen LogP contribution < -0.4 is 32.1 Å². The van der Waals surface area contributed by atoms with E-state index in [0.29, 0.717) is 32.2 Å². The summed E-state index contributed by atoms with van der Waals surface area (Å²) >= 11 is 0. The SMILES string of the molecule is CCC(=O)NCCCCCC(=O)NCC(=O)N[C@@H](C)C(=O)NNC(=O)C[C@@H]1C[C@](C)(O)C(O)[C@@H](/C=C/C(C)=C/C[C@@H]2O[C@H](C)[C@H](NC(=O)/C=C\[C@H](C)OC(C)=O)C[C@@H]2C)O1. The van der Waals surface area contributed by atoms with Gasteiger partial charge >= 0.3 is 5.97 Å². The molecule has 2 aliphatic heterocycles. The molecule has 0 radical (unpaired) electrons. The Bertz CT molecular complexity index is 1560. The van der Waals surface area contributed by atoms with E-state index in [1.54, 1.807) is 26.0 Å². The Balaban J connectivity index is 1.78. The molecule has 10 atom stereocenters. The Morgan fingerprint density at radius 2 is 1.63 bits per heavy atom. The Morgan fingerprint density at radius 3 is 2.32 bits per heavy atom.